The molecule has 19 heavy (non-hydrogen) atoms. The van der Waals surface area contributed by atoms with Gasteiger partial charge in [-0.15, -0.1) is 0 Å². The molecule has 0 radical (unpaired) electrons. The molecule has 0 aliphatic carbocycles. The number of carbonyl (C=O) groups is 1. The van der Waals surface area contributed by atoms with E-state index in [4.69, 9.17) is 20.1 Å². The Morgan fingerprint density at radius 1 is 1.32 bits per heavy atom. The van der Waals surface area contributed by atoms with Crippen LogP contribution in [0.5, 0.6) is 0 Å². The van der Waals surface area contributed by atoms with Gasteiger partial charge in [0.2, 0.25) is 0 Å². The molecule has 0 unspecified atom stereocenters. The maximum Gasteiger partial charge on any atom is 0.335 e. The van der Waals surface area contributed by atoms with Crippen LogP contribution >= 0.6 is 0 Å². The minimum Gasteiger partial charge on any atom is -0.479 e. The molecule has 1 fully saturated rings. The van der Waals surface area contributed by atoms with Crippen molar-refractivity contribution in [3.8, 4) is 0 Å². The number of aliphatic carboxylic acids is 1. The van der Waals surface area contributed by atoms with E-state index in [1.54, 1.807) is 0 Å². The monoisotopic (exact) mass is 277 g/mol. The highest BCUT2D eigenvalue weighted by Gasteiger charge is 2.47. The number of hydrogen-bond donors (Lipinski definition) is 4. The average Bonchev–Trinajstić information content (AvgIpc) is 2.37. The maximum atomic E-state index is 10.8. The van der Waals surface area contributed by atoms with E-state index < -0.39 is 36.7 Å². The van der Waals surface area contributed by atoms with Crippen LogP contribution in [0, 0.1) is 0 Å². The lowest BCUT2D eigenvalue weighted by Gasteiger charge is -2.38. The van der Waals surface area contributed by atoms with Crippen LogP contribution in [-0.4, -0.2) is 70.3 Å². The van der Waals surface area contributed by atoms with Gasteiger partial charge < -0.3 is 29.9 Å². The molecule has 0 amide bonds. The Morgan fingerprint density at radius 2 is 2.00 bits per heavy atom. The van der Waals surface area contributed by atoms with Gasteiger partial charge >= 0.3 is 5.97 Å². The summed E-state index contributed by atoms with van der Waals surface area (Å²) in [6, 6.07) is 0. The fourth-order valence-electron chi connectivity index (χ4n) is 1.57. The SMILES string of the molecule is [N-]=[N+]=NCCCO[C@@H]1O[C@H](C(=O)O)[C@@H](O)[C@H](O)[C@H]1O. The van der Waals surface area contributed by atoms with Gasteiger partial charge in [0, 0.05) is 18.1 Å². The normalized spacial score (nSPS) is 34.6. The number of azide groups is 1. The zero-order chi connectivity index (χ0) is 14.4. The highest BCUT2D eigenvalue weighted by molar-refractivity contribution is 5.73. The first-order chi connectivity index (χ1) is 8.99. The second-order valence-electron chi connectivity index (χ2n) is 3.91. The highest BCUT2D eigenvalue weighted by Crippen LogP contribution is 2.22. The molecular formula is C9H15N3O7. The fraction of sp³-hybridized carbons (Fsp3) is 0.889. The van der Waals surface area contributed by atoms with Crippen molar-refractivity contribution in [2.45, 2.75) is 37.1 Å². The third-order valence-electron chi connectivity index (χ3n) is 2.56. The molecule has 5 atom stereocenters. The van der Waals surface area contributed by atoms with E-state index in [2.05, 4.69) is 10.0 Å². The van der Waals surface area contributed by atoms with Gasteiger partial charge in [-0.25, -0.2) is 4.79 Å². The number of nitrogens with zero attached hydrogens (tertiary/aromatic N) is 3. The predicted molar refractivity (Wildman–Crippen MR) is 58.9 cm³/mol. The van der Waals surface area contributed by atoms with Crippen molar-refractivity contribution >= 4 is 5.97 Å². The van der Waals surface area contributed by atoms with E-state index in [1.165, 1.54) is 0 Å². The van der Waals surface area contributed by atoms with Crippen molar-refractivity contribution < 1.29 is 34.7 Å². The average molecular weight is 277 g/mol. The summed E-state index contributed by atoms with van der Waals surface area (Å²) in [5, 5.41) is 40.5. The lowest BCUT2D eigenvalue weighted by Crippen LogP contribution is -2.60. The predicted octanol–water partition coefficient (Wildman–Crippen LogP) is -1.40. The lowest BCUT2D eigenvalue weighted by molar-refractivity contribution is -0.294. The fourth-order valence-corrected chi connectivity index (χ4v) is 1.57. The molecule has 0 bridgehead atoms. The van der Waals surface area contributed by atoms with Crippen molar-refractivity contribution in [1.82, 2.24) is 0 Å². The second-order valence-corrected chi connectivity index (χ2v) is 3.91. The molecule has 0 aromatic heterocycles. The van der Waals surface area contributed by atoms with E-state index in [-0.39, 0.29) is 13.2 Å². The molecule has 0 aromatic carbocycles. The number of carboxylic acid groups (broad SMARTS) is 1. The van der Waals surface area contributed by atoms with Gasteiger partial charge in [0.05, 0.1) is 0 Å². The summed E-state index contributed by atoms with van der Waals surface area (Å²) in [7, 11) is 0. The highest BCUT2D eigenvalue weighted by atomic mass is 16.7. The first-order valence-corrected chi connectivity index (χ1v) is 5.54. The van der Waals surface area contributed by atoms with Gasteiger partial charge in [-0.05, 0) is 12.0 Å². The quantitative estimate of drug-likeness (QED) is 0.200. The Hall–Kier alpha value is -1.42. The van der Waals surface area contributed by atoms with Gasteiger partial charge in [-0.2, -0.15) is 0 Å². The number of rotatable bonds is 6. The molecule has 1 rings (SSSR count). The third kappa shape index (κ3) is 4.03. The summed E-state index contributed by atoms with van der Waals surface area (Å²) in [5.74, 6) is -1.47. The number of hydrogen-bond acceptors (Lipinski definition) is 7. The number of aliphatic hydroxyl groups is 3. The minimum atomic E-state index is -1.74. The Morgan fingerprint density at radius 3 is 2.58 bits per heavy atom. The van der Waals surface area contributed by atoms with Crippen molar-refractivity contribution in [2.75, 3.05) is 13.2 Å². The van der Waals surface area contributed by atoms with Crippen LogP contribution in [0.2, 0.25) is 0 Å². The van der Waals surface area contributed by atoms with Gasteiger partial charge in [-0.1, -0.05) is 5.11 Å². The molecule has 1 heterocycles. The first-order valence-electron chi connectivity index (χ1n) is 5.54. The smallest absolute Gasteiger partial charge is 0.335 e. The topological polar surface area (TPSA) is 165 Å². The molecule has 10 heteroatoms. The van der Waals surface area contributed by atoms with E-state index in [1.807, 2.05) is 0 Å². The largest absolute Gasteiger partial charge is 0.479 e. The molecule has 1 saturated heterocycles. The van der Waals surface area contributed by atoms with E-state index in [0.29, 0.717) is 6.42 Å². The molecule has 4 N–H and O–H groups in total. The van der Waals surface area contributed by atoms with Gasteiger partial charge in [0.25, 0.3) is 0 Å². The van der Waals surface area contributed by atoms with E-state index in [0.717, 1.165) is 0 Å². The Balaban J connectivity index is 2.52. The van der Waals surface area contributed by atoms with E-state index >= 15 is 0 Å². The molecule has 1 aliphatic rings. The zero-order valence-electron chi connectivity index (χ0n) is 9.86. The van der Waals surface area contributed by atoms with Gasteiger partial charge in [0.1, 0.15) is 18.3 Å². The lowest BCUT2D eigenvalue weighted by atomic mass is 9.99. The Kier molecular flexibility index (Phi) is 5.96. The van der Waals surface area contributed by atoms with Crippen molar-refractivity contribution in [1.29, 1.82) is 0 Å². The van der Waals surface area contributed by atoms with Gasteiger partial charge in [0.15, 0.2) is 12.4 Å². The molecule has 1 aliphatic heterocycles. The second kappa shape index (κ2) is 7.24. The van der Waals surface area contributed by atoms with Crippen LogP contribution in [0.3, 0.4) is 0 Å². The minimum absolute atomic E-state index is 0.0376. The molecule has 0 spiro atoms. The van der Waals surface area contributed by atoms with Crippen LogP contribution in [0.1, 0.15) is 6.42 Å². The first kappa shape index (κ1) is 15.6. The van der Waals surface area contributed by atoms with Crippen molar-refractivity contribution in [2.24, 2.45) is 5.11 Å². The Labute approximate surface area is 107 Å². The Bertz CT molecular complexity index is 360. The number of ether oxygens (including phenoxy) is 2. The molecule has 108 valence electrons. The van der Waals surface area contributed by atoms with E-state index in [9.17, 15) is 20.1 Å². The summed E-state index contributed by atoms with van der Waals surface area (Å²) >= 11 is 0. The summed E-state index contributed by atoms with van der Waals surface area (Å²) < 4.78 is 9.92. The van der Waals surface area contributed by atoms with Crippen LogP contribution in [-0.2, 0) is 14.3 Å². The maximum absolute atomic E-state index is 10.8. The number of carboxylic acids is 1. The summed E-state index contributed by atoms with van der Waals surface area (Å²) in [4.78, 5) is 13.3. The summed E-state index contributed by atoms with van der Waals surface area (Å²) in [6.07, 6.45) is -7.70. The zero-order valence-corrected chi connectivity index (χ0v) is 9.86. The van der Waals surface area contributed by atoms with Crippen LogP contribution in [0.25, 0.3) is 10.4 Å². The van der Waals surface area contributed by atoms with Crippen molar-refractivity contribution in [3.05, 3.63) is 10.4 Å². The van der Waals surface area contributed by atoms with Gasteiger partial charge in [-0.3, -0.25) is 0 Å². The summed E-state index contributed by atoms with van der Waals surface area (Å²) in [5.41, 5.74) is 8.04. The van der Waals surface area contributed by atoms with Crippen LogP contribution < -0.4 is 0 Å². The molecular weight excluding hydrogens is 262 g/mol. The van der Waals surface area contributed by atoms with Crippen molar-refractivity contribution in [3.63, 3.8) is 0 Å². The molecule has 0 aromatic rings. The summed E-state index contributed by atoms with van der Waals surface area (Å²) in [6.45, 7) is 0.211. The standard InChI is InChI=1S/C9H15N3O7/c10-12-11-2-1-3-18-9-6(15)4(13)5(14)7(19-9)8(16)17/h4-7,9,13-15H,1-3H2,(H,16,17)/t4-,5-,6+,7-,9+/m0/s1. The molecule has 10 nitrogen and oxygen atoms in total. The third-order valence-corrected chi connectivity index (χ3v) is 2.56. The number of aliphatic hydroxyl groups excluding tert-OH is 3. The van der Waals surface area contributed by atoms with Crippen LogP contribution in [0.15, 0.2) is 5.11 Å². The van der Waals surface area contributed by atoms with Crippen LogP contribution in [0.4, 0.5) is 0 Å². The molecule has 0 saturated carbocycles.